The molecule has 5 nitrogen and oxygen atoms in total. The van der Waals surface area contributed by atoms with Gasteiger partial charge in [-0.05, 0) is 50.1 Å². The maximum atomic E-state index is 13.3. The Balaban J connectivity index is 2.30. The van der Waals surface area contributed by atoms with Crippen LogP contribution >= 0.6 is 0 Å². The summed E-state index contributed by atoms with van der Waals surface area (Å²) < 4.78 is 64.5. The Kier molecular flexibility index (Phi) is 4.84. The number of aryl methyl sites for hydroxylation is 3. The molecule has 3 rings (SSSR count). The number of rotatable bonds is 3. The zero-order chi connectivity index (χ0) is 20.9. The summed E-state index contributed by atoms with van der Waals surface area (Å²) in [6.45, 7) is 5.08. The fourth-order valence-corrected chi connectivity index (χ4v) is 3.72. The van der Waals surface area contributed by atoms with E-state index in [2.05, 4.69) is 5.10 Å². The van der Waals surface area contributed by atoms with E-state index in [4.69, 9.17) is 5.14 Å². The second kappa shape index (κ2) is 6.75. The Bertz CT molecular complexity index is 1130. The van der Waals surface area contributed by atoms with Crippen molar-refractivity contribution >= 4 is 10.0 Å². The summed E-state index contributed by atoms with van der Waals surface area (Å²) in [5.41, 5.74) is 2.00. The van der Waals surface area contributed by atoms with Crippen LogP contribution < -0.4 is 5.14 Å². The zero-order valence-electron chi connectivity index (χ0n) is 15.4. The summed E-state index contributed by atoms with van der Waals surface area (Å²) in [4.78, 5) is -0.105. The van der Waals surface area contributed by atoms with Crippen LogP contribution in [0.5, 0.6) is 0 Å². The number of benzene rings is 2. The normalized spacial score (nSPS) is 12.4. The van der Waals surface area contributed by atoms with Gasteiger partial charge in [-0.15, -0.1) is 0 Å². The fourth-order valence-electron chi connectivity index (χ4n) is 3.03. The van der Waals surface area contributed by atoms with E-state index in [0.29, 0.717) is 22.4 Å². The number of halogens is 3. The molecular weight excluding hydrogens is 391 g/mol. The molecule has 3 aromatic rings. The molecule has 0 aliphatic rings. The third-order valence-electron chi connectivity index (χ3n) is 4.35. The second-order valence-electron chi connectivity index (χ2n) is 6.64. The number of primary sulfonamides is 1. The third kappa shape index (κ3) is 3.81. The van der Waals surface area contributed by atoms with E-state index in [0.717, 1.165) is 11.6 Å². The van der Waals surface area contributed by atoms with Crippen LogP contribution in [-0.4, -0.2) is 18.2 Å². The topological polar surface area (TPSA) is 78.0 Å². The molecule has 0 unspecified atom stereocenters. The Morgan fingerprint density at radius 2 is 1.50 bits per heavy atom. The number of hydrogen-bond donors (Lipinski definition) is 1. The van der Waals surface area contributed by atoms with Crippen LogP contribution in [-0.2, 0) is 16.2 Å². The van der Waals surface area contributed by atoms with E-state index >= 15 is 0 Å². The number of hydrogen-bond acceptors (Lipinski definition) is 3. The molecule has 0 bridgehead atoms. The first-order valence-corrected chi connectivity index (χ1v) is 9.81. The van der Waals surface area contributed by atoms with Crippen molar-refractivity contribution in [3.8, 4) is 16.9 Å². The SMILES string of the molecule is Cc1ccc(-c2cc(C(F)(F)F)nn2-c2c(C)cc(S(N)(=O)=O)cc2C)cc1. The van der Waals surface area contributed by atoms with Gasteiger partial charge in [0.05, 0.1) is 16.3 Å². The Morgan fingerprint density at radius 1 is 0.964 bits per heavy atom. The van der Waals surface area contributed by atoms with E-state index in [1.165, 1.54) is 16.8 Å². The molecule has 0 saturated heterocycles. The maximum absolute atomic E-state index is 13.3. The van der Waals surface area contributed by atoms with Gasteiger partial charge in [-0.2, -0.15) is 18.3 Å². The lowest BCUT2D eigenvalue weighted by Gasteiger charge is -2.15. The van der Waals surface area contributed by atoms with Crippen molar-refractivity contribution < 1.29 is 21.6 Å². The van der Waals surface area contributed by atoms with E-state index in [1.807, 2.05) is 6.92 Å². The highest BCUT2D eigenvalue weighted by atomic mass is 32.2. The predicted molar refractivity (Wildman–Crippen MR) is 99.6 cm³/mol. The molecule has 148 valence electrons. The highest BCUT2D eigenvalue weighted by Gasteiger charge is 2.35. The Labute approximate surface area is 160 Å². The monoisotopic (exact) mass is 409 g/mol. The molecule has 9 heteroatoms. The van der Waals surface area contributed by atoms with E-state index in [-0.39, 0.29) is 10.6 Å². The van der Waals surface area contributed by atoms with E-state index in [9.17, 15) is 21.6 Å². The van der Waals surface area contributed by atoms with Crippen LogP contribution in [0.3, 0.4) is 0 Å². The molecule has 2 aromatic carbocycles. The van der Waals surface area contributed by atoms with Gasteiger partial charge in [0.15, 0.2) is 5.69 Å². The first-order valence-electron chi connectivity index (χ1n) is 8.26. The molecule has 2 N–H and O–H groups in total. The minimum Gasteiger partial charge on any atom is -0.232 e. The quantitative estimate of drug-likeness (QED) is 0.707. The van der Waals surface area contributed by atoms with Crippen molar-refractivity contribution in [2.24, 2.45) is 5.14 Å². The first-order chi connectivity index (χ1) is 12.9. The van der Waals surface area contributed by atoms with Crippen molar-refractivity contribution in [3.63, 3.8) is 0 Å². The smallest absolute Gasteiger partial charge is 0.232 e. The van der Waals surface area contributed by atoms with E-state index in [1.54, 1.807) is 38.1 Å². The summed E-state index contributed by atoms with van der Waals surface area (Å²) in [6, 6.07) is 10.7. The molecule has 0 amide bonds. The molecule has 0 saturated carbocycles. The summed E-state index contributed by atoms with van der Waals surface area (Å²) >= 11 is 0. The molecule has 1 aromatic heterocycles. The molecule has 0 aliphatic heterocycles. The standard InChI is InChI=1S/C19H18F3N3O2S/c1-11-4-6-14(7-5-11)16-10-17(19(20,21)22)24-25(16)18-12(2)8-15(9-13(18)3)28(23,26)27/h4-10H,1-3H3,(H2,23,26,27). The van der Waals surface area contributed by atoms with Gasteiger partial charge in [0.1, 0.15) is 0 Å². The molecule has 0 fully saturated rings. The van der Waals surface area contributed by atoms with Crippen molar-refractivity contribution in [3.05, 3.63) is 64.8 Å². The Hall–Kier alpha value is -2.65. The van der Waals surface area contributed by atoms with Gasteiger partial charge in [-0.1, -0.05) is 29.8 Å². The summed E-state index contributed by atoms with van der Waals surface area (Å²) in [7, 11) is -3.94. The average molecular weight is 409 g/mol. The van der Waals surface area contributed by atoms with Gasteiger partial charge >= 0.3 is 6.18 Å². The van der Waals surface area contributed by atoms with Crippen molar-refractivity contribution in [2.75, 3.05) is 0 Å². The van der Waals surface area contributed by atoms with Crippen LogP contribution in [0.4, 0.5) is 13.2 Å². The van der Waals surface area contributed by atoms with Gasteiger partial charge in [-0.3, -0.25) is 0 Å². The maximum Gasteiger partial charge on any atom is 0.435 e. The largest absolute Gasteiger partial charge is 0.435 e. The van der Waals surface area contributed by atoms with Gasteiger partial charge in [0, 0.05) is 5.56 Å². The highest BCUT2D eigenvalue weighted by Crippen LogP contribution is 2.35. The van der Waals surface area contributed by atoms with Crippen molar-refractivity contribution in [1.29, 1.82) is 0 Å². The molecule has 28 heavy (non-hydrogen) atoms. The summed E-state index contributed by atoms with van der Waals surface area (Å²) in [6.07, 6.45) is -4.62. The average Bonchev–Trinajstić information content (AvgIpc) is 2.99. The van der Waals surface area contributed by atoms with Crippen LogP contribution in [0.15, 0.2) is 47.4 Å². The molecule has 1 heterocycles. The Morgan fingerprint density at radius 3 is 1.96 bits per heavy atom. The lowest BCUT2D eigenvalue weighted by Crippen LogP contribution is -2.14. The van der Waals surface area contributed by atoms with Crippen molar-refractivity contribution in [1.82, 2.24) is 9.78 Å². The third-order valence-corrected chi connectivity index (χ3v) is 5.24. The molecule has 0 radical (unpaired) electrons. The number of nitrogens with zero attached hydrogens (tertiary/aromatic N) is 2. The van der Waals surface area contributed by atoms with Crippen LogP contribution in [0, 0.1) is 20.8 Å². The molecule has 0 spiro atoms. The fraction of sp³-hybridized carbons (Fsp3) is 0.211. The number of nitrogens with two attached hydrogens (primary N) is 1. The summed E-state index contributed by atoms with van der Waals surface area (Å²) in [5, 5.41) is 8.96. The van der Waals surface area contributed by atoms with Crippen molar-refractivity contribution in [2.45, 2.75) is 31.8 Å². The zero-order valence-corrected chi connectivity index (χ0v) is 16.2. The summed E-state index contributed by atoms with van der Waals surface area (Å²) in [5.74, 6) is 0. The van der Waals surface area contributed by atoms with Gasteiger partial charge in [0.25, 0.3) is 0 Å². The molecular formula is C19H18F3N3O2S. The minimum atomic E-state index is -4.62. The van der Waals surface area contributed by atoms with E-state index < -0.39 is 21.9 Å². The second-order valence-corrected chi connectivity index (χ2v) is 8.20. The first kappa shape index (κ1) is 20.1. The van der Waals surface area contributed by atoms with Gasteiger partial charge in [-0.25, -0.2) is 18.2 Å². The predicted octanol–water partition coefficient (Wildman–Crippen LogP) is 4.13. The van der Waals surface area contributed by atoms with Gasteiger partial charge < -0.3 is 0 Å². The number of aromatic nitrogens is 2. The number of sulfonamides is 1. The lowest BCUT2D eigenvalue weighted by molar-refractivity contribution is -0.141. The van der Waals surface area contributed by atoms with Gasteiger partial charge in [0.2, 0.25) is 10.0 Å². The van der Waals surface area contributed by atoms with Crippen LogP contribution in [0.2, 0.25) is 0 Å². The lowest BCUT2D eigenvalue weighted by atomic mass is 10.1. The molecule has 0 aliphatic carbocycles. The minimum absolute atomic E-state index is 0.105. The van der Waals surface area contributed by atoms with Crippen LogP contribution in [0.25, 0.3) is 16.9 Å². The van der Waals surface area contributed by atoms with Crippen LogP contribution in [0.1, 0.15) is 22.4 Å². The molecule has 0 atom stereocenters. The number of alkyl halides is 3. The highest BCUT2D eigenvalue weighted by molar-refractivity contribution is 7.89.